The molecule has 2 aromatic heterocycles. The third-order valence-electron chi connectivity index (χ3n) is 2.63. The Bertz CT molecular complexity index is 606. The Morgan fingerprint density at radius 2 is 2.11 bits per heavy atom. The molecule has 2 heterocycles. The Labute approximate surface area is 119 Å². The lowest BCUT2D eigenvalue weighted by molar-refractivity contribution is -0.115. The Morgan fingerprint density at radius 1 is 1.37 bits per heavy atom. The highest BCUT2D eigenvalue weighted by Gasteiger charge is 2.15. The molecule has 0 radical (unpaired) electrons. The SMILES string of the molecule is Cc1noc(C)c1CC(=O)Nc1cncc(Cl)c1Cl. The summed E-state index contributed by atoms with van der Waals surface area (Å²) in [7, 11) is 0. The molecule has 0 aromatic carbocycles. The smallest absolute Gasteiger partial charge is 0.229 e. The number of hydrogen-bond donors (Lipinski definition) is 1. The van der Waals surface area contributed by atoms with E-state index in [1.165, 1.54) is 12.4 Å². The van der Waals surface area contributed by atoms with Gasteiger partial charge in [-0.15, -0.1) is 0 Å². The first-order valence-electron chi connectivity index (χ1n) is 5.49. The van der Waals surface area contributed by atoms with Gasteiger partial charge in [0.25, 0.3) is 0 Å². The lowest BCUT2D eigenvalue weighted by atomic mass is 10.1. The molecule has 0 aliphatic heterocycles. The van der Waals surface area contributed by atoms with Gasteiger partial charge in [-0.1, -0.05) is 28.4 Å². The van der Waals surface area contributed by atoms with Gasteiger partial charge >= 0.3 is 0 Å². The monoisotopic (exact) mass is 299 g/mol. The topological polar surface area (TPSA) is 68.0 Å². The Balaban J connectivity index is 2.12. The zero-order valence-electron chi connectivity index (χ0n) is 10.3. The number of nitrogens with one attached hydrogen (secondary N) is 1. The van der Waals surface area contributed by atoms with Crippen molar-refractivity contribution in [2.45, 2.75) is 20.3 Å². The van der Waals surface area contributed by atoms with Gasteiger partial charge < -0.3 is 9.84 Å². The summed E-state index contributed by atoms with van der Waals surface area (Å²) in [6.45, 7) is 3.55. The van der Waals surface area contributed by atoms with Crippen molar-refractivity contribution in [1.29, 1.82) is 0 Å². The Hall–Kier alpha value is -1.59. The van der Waals surface area contributed by atoms with Crippen LogP contribution in [0.3, 0.4) is 0 Å². The van der Waals surface area contributed by atoms with Crippen molar-refractivity contribution in [3.63, 3.8) is 0 Å². The fourth-order valence-electron chi connectivity index (χ4n) is 1.62. The largest absolute Gasteiger partial charge is 0.361 e. The van der Waals surface area contributed by atoms with E-state index in [0.717, 1.165) is 5.56 Å². The van der Waals surface area contributed by atoms with Crippen molar-refractivity contribution in [1.82, 2.24) is 10.1 Å². The molecular weight excluding hydrogens is 289 g/mol. The van der Waals surface area contributed by atoms with E-state index >= 15 is 0 Å². The van der Waals surface area contributed by atoms with Gasteiger partial charge in [0, 0.05) is 11.8 Å². The second-order valence-corrected chi connectivity index (χ2v) is 4.80. The van der Waals surface area contributed by atoms with E-state index in [0.29, 0.717) is 17.1 Å². The van der Waals surface area contributed by atoms with Crippen LogP contribution in [-0.4, -0.2) is 16.0 Å². The number of halogens is 2. The van der Waals surface area contributed by atoms with Crippen LogP contribution in [0, 0.1) is 13.8 Å². The predicted molar refractivity (Wildman–Crippen MR) is 72.6 cm³/mol. The number of aryl methyl sites for hydroxylation is 2. The highest BCUT2D eigenvalue weighted by Crippen LogP contribution is 2.28. The maximum Gasteiger partial charge on any atom is 0.229 e. The summed E-state index contributed by atoms with van der Waals surface area (Å²) < 4.78 is 5.00. The second-order valence-electron chi connectivity index (χ2n) is 4.01. The number of rotatable bonds is 3. The average Bonchev–Trinajstić information content (AvgIpc) is 2.67. The fourth-order valence-corrected chi connectivity index (χ4v) is 1.92. The van der Waals surface area contributed by atoms with Gasteiger partial charge in [0.15, 0.2) is 0 Å². The highest BCUT2D eigenvalue weighted by molar-refractivity contribution is 6.43. The molecule has 1 amide bonds. The van der Waals surface area contributed by atoms with Crippen LogP contribution < -0.4 is 5.32 Å². The highest BCUT2D eigenvalue weighted by atomic mass is 35.5. The van der Waals surface area contributed by atoms with Crippen LogP contribution >= 0.6 is 23.2 Å². The quantitative estimate of drug-likeness (QED) is 0.945. The van der Waals surface area contributed by atoms with Crippen LogP contribution in [-0.2, 0) is 11.2 Å². The molecule has 0 fully saturated rings. The third kappa shape index (κ3) is 3.05. The maximum absolute atomic E-state index is 11.9. The molecule has 0 aliphatic carbocycles. The minimum Gasteiger partial charge on any atom is -0.361 e. The summed E-state index contributed by atoms with van der Waals surface area (Å²) in [4.78, 5) is 15.8. The molecule has 0 saturated carbocycles. The summed E-state index contributed by atoms with van der Waals surface area (Å²) in [5.74, 6) is 0.392. The lowest BCUT2D eigenvalue weighted by Gasteiger charge is -2.07. The van der Waals surface area contributed by atoms with Crippen molar-refractivity contribution < 1.29 is 9.32 Å². The van der Waals surface area contributed by atoms with E-state index in [1.807, 2.05) is 0 Å². The Kier molecular flexibility index (Phi) is 4.07. The number of amides is 1. The summed E-state index contributed by atoms with van der Waals surface area (Å²) >= 11 is 11.8. The van der Waals surface area contributed by atoms with Gasteiger partial charge in [0.2, 0.25) is 5.91 Å². The molecular formula is C12H11Cl2N3O2. The molecule has 2 aromatic rings. The van der Waals surface area contributed by atoms with Gasteiger partial charge in [-0.2, -0.15) is 0 Å². The minimum atomic E-state index is -0.236. The molecule has 0 spiro atoms. The van der Waals surface area contributed by atoms with Gasteiger partial charge in [-0.25, -0.2) is 0 Å². The lowest BCUT2D eigenvalue weighted by Crippen LogP contribution is -2.15. The predicted octanol–water partition coefficient (Wildman–Crippen LogP) is 3.17. The molecule has 7 heteroatoms. The first-order chi connectivity index (χ1) is 8.99. The van der Waals surface area contributed by atoms with Gasteiger partial charge in [0.1, 0.15) is 5.76 Å². The number of hydrogen-bond acceptors (Lipinski definition) is 4. The van der Waals surface area contributed by atoms with Gasteiger partial charge in [-0.3, -0.25) is 9.78 Å². The van der Waals surface area contributed by atoms with Crippen molar-refractivity contribution in [2.75, 3.05) is 5.32 Å². The number of carbonyl (C=O) groups is 1. The number of anilines is 1. The normalized spacial score (nSPS) is 10.5. The van der Waals surface area contributed by atoms with Crippen LogP contribution in [0.15, 0.2) is 16.9 Å². The summed E-state index contributed by atoms with van der Waals surface area (Å²) in [5.41, 5.74) is 1.84. The molecule has 2 rings (SSSR count). The first-order valence-corrected chi connectivity index (χ1v) is 6.25. The van der Waals surface area contributed by atoms with E-state index in [9.17, 15) is 4.79 Å². The molecule has 5 nitrogen and oxygen atoms in total. The van der Waals surface area contributed by atoms with Crippen molar-refractivity contribution in [2.24, 2.45) is 0 Å². The maximum atomic E-state index is 11.9. The van der Waals surface area contributed by atoms with E-state index in [-0.39, 0.29) is 22.4 Å². The van der Waals surface area contributed by atoms with Gasteiger partial charge in [-0.05, 0) is 13.8 Å². The number of pyridine rings is 1. The van der Waals surface area contributed by atoms with Crippen LogP contribution in [0.4, 0.5) is 5.69 Å². The molecule has 0 aliphatic rings. The van der Waals surface area contributed by atoms with E-state index in [1.54, 1.807) is 13.8 Å². The van der Waals surface area contributed by atoms with Crippen LogP contribution in [0.2, 0.25) is 10.0 Å². The molecule has 0 atom stereocenters. The summed E-state index contributed by atoms with van der Waals surface area (Å²) in [5, 5.41) is 7.01. The average molecular weight is 300 g/mol. The Morgan fingerprint density at radius 3 is 2.74 bits per heavy atom. The van der Waals surface area contributed by atoms with Crippen LogP contribution in [0.1, 0.15) is 17.0 Å². The van der Waals surface area contributed by atoms with E-state index in [2.05, 4.69) is 15.5 Å². The second kappa shape index (κ2) is 5.59. The number of aromatic nitrogens is 2. The number of nitrogens with zero attached hydrogens (tertiary/aromatic N) is 2. The fraction of sp³-hybridized carbons (Fsp3) is 0.250. The van der Waals surface area contributed by atoms with Crippen LogP contribution in [0.5, 0.6) is 0 Å². The number of carbonyl (C=O) groups excluding carboxylic acids is 1. The summed E-state index contributed by atoms with van der Waals surface area (Å²) in [6.07, 6.45) is 3.01. The van der Waals surface area contributed by atoms with E-state index < -0.39 is 0 Å². The molecule has 19 heavy (non-hydrogen) atoms. The zero-order valence-corrected chi connectivity index (χ0v) is 11.8. The zero-order chi connectivity index (χ0) is 14.0. The third-order valence-corrected chi connectivity index (χ3v) is 3.42. The molecule has 0 bridgehead atoms. The first kappa shape index (κ1) is 13.8. The van der Waals surface area contributed by atoms with E-state index in [4.69, 9.17) is 27.7 Å². The van der Waals surface area contributed by atoms with Crippen molar-refractivity contribution in [3.8, 4) is 0 Å². The molecule has 0 saturated heterocycles. The van der Waals surface area contributed by atoms with Gasteiger partial charge in [0.05, 0.1) is 34.0 Å². The molecule has 1 N–H and O–H groups in total. The minimum absolute atomic E-state index is 0.157. The van der Waals surface area contributed by atoms with Crippen molar-refractivity contribution in [3.05, 3.63) is 39.5 Å². The van der Waals surface area contributed by atoms with Crippen LogP contribution in [0.25, 0.3) is 0 Å². The van der Waals surface area contributed by atoms with Crippen molar-refractivity contribution >= 4 is 34.8 Å². The molecule has 100 valence electrons. The summed E-state index contributed by atoms with van der Waals surface area (Å²) in [6, 6.07) is 0. The standard InChI is InChI=1S/C12H11Cl2N3O2/c1-6-8(7(2)19-17-6)3-11(18)16-10-5-15-4-9(13)12(10)14/h4-5H,3H2,1-2H3,(H,16,18). The molecule has 0 unspecified atom stereocenters.